The van der Waals surface area contributed by atoms with Crippen LogP contribution in [0.2, 0.25) is 0 Å². The fraction of sp³-hybridized carbons (Fsp3) is 0.333. The quantitative estimate of drug-likeness (QED) is 0.584. The van der Waals surface area contributed by atoms with Crippen molar-refractivity contribution in [1.29, 1.82) is 0 Å². The molecule has 0 aliphatic heterocycles. The second-order valence-corrected chi connectivity index (χ2v) is 7.22. The predicted octanol–water partition coefficient (Wildman–Crippen LogP) is 6.33. The minimum Gasteiger partial charge on any atom is -0.390 e. The molecular formula is C24H31N. The molecular weight excluding hydrogens is 302 g/mol. The van der Waals surface area contributed by atoms with Crippen LogP contribution in [0, 0.1) is 12.8 Å². The maximum atomic E-state index is 3.49. The number of hydrogen-bond donors (Lipinski definition) is 1. The van der Waals surface area contributed by atoms with Gasteiger partial charge in [-0.3, -0.25) is 0 Å². The van der Waals surface area contributed by atoms with Gasteiger partial charge in [0.25, 0.3) is 0 Å². The van der Waals surface area contributed by atoms with Gasteiger partial charge in [0.1, 0.15) is 0 Å². The van der Waals surface area contributed by atoms with Crippen molar-refractivity contribution in [3.8, 4) is 0 Å². The Labute approximate surface area is 153 Å². The van der Waals surface area contributed by atoms with E-state index in [1.807, 2.05) is 0 Å². The molecule has 0 aromatic heterocycles. The summed E-state index contributed by atoms with van der Waals surface area (Å²) in [5.41, 5.74) is 6.57. The van der Waals surface area contributed by atoms with E-state index in [9.17, 15) is 0 Å². The predicted molar refractivity (Wildman–Crippen MR) is 111 cm³/mol. The molecule has 0 saturated carbocycles. The molecule has 0 heterocycles. The van der Waals surface area contributed by atoms with E-state index in [0.29, 0.717) is 11.8 Å². The summed E-state index contributed by atoms with van der Waals surface area (Å²) in [6.07, 6.45) is 4.55. The van der Waals surface area contributed by atoms with Gasteiger partial charge in [0, 0.05) is 12.7 Å². The topological polar surface area (TPSA) is 12.0 Å². The van der Waals surface area contributed by atoms with Gasteiger partial charge in [-0.25, -0.2) is 0 Å². The van der Waals surface area contributed by atoms with Crippen molar-refractivity contribution in [2.24, 2.45) is 5.92 Å². The number of rotatable bonds is 7. The van der Waals surface area contributed by atoms with Crippen LogP contribution < -0.4 is 5.32 Å². The van der Waals surface area contributed by atoms with Gasteiger partial charge in [-0.1, -0.05) is 81.4 Å². The molecule has 0 spiro atoms. The first-order chi connectivity index (χ1) is 12.0. The zero-order valence-corrected chi connectivity index (χ0v) is 16.2. The lowest BCUT2D eigenvalue weighted by Crippen LogP contribution is -2.13. The molecule has 0 aliphatic carbocycles. The third kappa shape index (κ3) is 5.63. The molecule has 0 amide bonds. The standard InChI is InChI=1S/C24H31N/c1-18(2)16-25-17-24(22-12-7-6-8-13-22)21(5)15-20(4)23-14-10-9-11-19(23)3/h6-15,17-18,20,25H,16H2,1-5H3/b21-15-,24-17+. The Balaban J connectivity index is 2.31. The van der Waals surface area contributed by atoms with Crippen LogP contribution in [0.5, 0.6) is 0 Å². The second kappa shape index (κ2) is 9.27. The Hall–Kier alpha value is -2.28. The summed E-state index contributed by atoms with van der Waals surface area (Å²) in [7, 11) is 0. The van der Waals surface area contributed by atoms with Crippen LogP contribution in [0.15, 0.2) is 72.4 Å². The SMILES string of the molecule is CC(=C/C(C)c1ccccc1C)/C(=C\NCC(C)C)c1ccccc1. The number of allylic oxidation sites excluding steroid dienone is 3. The molecule has 0 fully saturated rings. The Morgan fingerprint density at radius 3 is 2.24 bits per heavy atom. The van der Waals surface area contributed by atoms with E-state index >= 15 is 0 Å². The van der Waals surface area contributed by atoms with Crippen LogP contribution in [0.4, 0.5) is 0 Å². The van der Waals surface area contributed by atoms with Gasteiger partial charge >= 0.3 is 0 Å². The highest BCUT2D eigenvalue weighted by Crippen LogP contribution is 2.27. The van der Waals surface area contributed by atoms with Crippen molar-refractivity contribution in [3.05, 3.63) is 89.1 Å². The highest BCUT2D eigenvalue weighted by atomic mass is 14.8. The smallest absolute Gasteiger partial charge is 0.0164 e. The minimum absolute atomic E-state index is 0.387. The highest BCUT2D eigenvalue weighted by molar-refractivity contribution is 5.78. The molecule has 1 atom stereocenters. The molecule has 1 nitrogen and oxygen atoms in total. The molecule has 2 rings (SSSR count). The molecule has 0 aliphatic rings. The summed E-state index contributed by atoms with van der Waals surface area (Å²) in [6, 6.07) is 19.3. The van der Waals surface area contributed by atoms with Crippen LogP contribution in [-0.2, 0) is 0 Å². The van der Waals surface area contributed by atoms with Gasteiger partial charge in [-0.15, -0.1) is 0 Å². The number of nitrogens with one attached hydrogen (secondary N) is 1. The fourth-order valence-electron chi connectivity index (χ4n) is 3.09. The Kier molecular flexibility index (Phi) is 7.06. The molecule has 1 heteroatoms. The van der Waals surface area contributed by atoms with Crippen LogP contribution >= 0.6 is 0 Å². The van der Waals surface area contributed by atoms with Crippen molar-refractivity contribution in [2.45, 2.75) is 40.5 Å². The Morgan fingerprint density at radius 2 is 1.60 bits per heavy atom. The zero-order valence-electron chi connectivity index (χ0n) is 16.2. The van der Waals surface area contributed by atoms with Crippen molar-refractivity contribution in [3.63, 3.8) is 0 Å². The molecule has 2 aromatic carbocycles. The minimum atomic E-state index is 0.387. The van der Waals surface area contributed by atoms with Gasteiger partial charge in [0.05, 0.1) is 0 Å². The first-order valence-electron chi connectivity index (χ1n) is 9.22. The first-order valence-corrected chi connectivity index (χ1v) is 9.22. The Morgan fingerprint density at radius 1 is 0.960 bits per heavy atom. The van der Waals surface area contributed by atoms with Crippen molar-refractivity contribution < 1.29 is 0 Å². The summed E-state index contributed by atoms with van der Waals surface area (Å²) in [6.45, 7) is 12.1. The molecule has 0 saturated heterocycles. The van der Waals surface area contributed by atoms with Gasteiger partial charge in [0.15, 0.2) is 0 Å². The maximum Gasteiger partial charge on any atom is 0.0164 e. The van der Waals surface area contributed by atoms with E-state index in [1.165, 1.54) is 27.8 Å². The molecule has 25 heavy (non-hydrogen) atoms. The highest BCUT2D eigenvalue weighted by Gasteiger charge is 2.09. The first kappa shape index (κ1) is 19.1. The maximum absolute atomic E-state index is 3.49. The van der Waals surface area contributed by atoms with E-state index in [4.69, 9.17) is 0 Å². The van der Waals surface area contributed by atoms with Gasteiger partial charge in [-0.05, 0) is 53.5 Å². The second-order valence-electron chi connectivity index (χ2n) is 7.22. The van der Waals surface area contributed by atoms with E-state index in [-0.39, 0.29) is 0 Å². The fourth-order valence-corrected chi connectivity index (χ4v) is 3.09. The molecule has 1 unspecified atom stereocenters. The van der Waals surface area contributed by atoms with Crippen LogP contribution in [0.1, 0.15) is 50.3 Å². The average Bonchev–Trinajstić information content (AvgIpc) is 2.59. The Bertz CT molecular complexity index is 723. The third-order valence-corrected chi connectivity index (χ3v) is 4.46. The van der Waals surface area contributed by atoms with E-state index in [1.54, 1.807) is 0 Å². The van der Waals surface area contributed by atoms with Gasteiger partial charge < -0.3 is 5.32 Å². The summed E-state index contributed by atoms with van der Waals surface area (Å²) >= 11 is 0. The van der Waals surface area contributed by atoms with Crippen LogP contribution in [-0.4, -0.2) is 6.54 Å². The normalized spacial score (nSPS) is 13.8. The average molecular weight is 334 g/mol. The van der Waals surface area contributed by atoms with E-state index < -0.39 is 0 Å². The third-order valence-electron chi connectivity index (χ3n) is 4.46. The van der Waals surface area contributed by atoms with Gasteiger partial charge in [-0.2, -0.15) is 0 Å². The molecule has 132 valence electrons. The summed E-state index contributed by atoms with van der Waals surface area (Å²) < 4.78 is 0. The van der Waals surface area contributed by atoms with Crippen LogP contribution in [0.3, 0.4) is 0 Å². The lowest BCUT2D eigenvalue weighted by atomic mass is 9.91. The van der Waals surface area contributed by atoms with Gasteiger partial charge in [0.2, 0.25) is 0 Å². The monoisotopic (exact) mass is 333 g/mol. The zero-order chi connectivity index (χ0) is 18.2. The number of hydrogen-bond acceptors (Lipinski definition) is 1. The van der Waals surface area contributed by atoms with Crippen molar-refractivity contribution in [1.82, 2.24) is 5.32 Å². The number of benzene rings is 2. The van der Waals surface area contributed by atoms with Crippen molar-refractivity contribution in [2.75, 3.05) is 6.54 Å². The number of aryl methyl sites for hydroxylation is 1. The summed E-state index contributed by atoms with van der Waals surface area (Å²) in [5, 5.41) is 3.49. The molecule has 0 bridgehead atoms. The molecule has 2 aromatic rings. The van der Waals surface area contributed by atoms with Crippen molar-refractivity contribution >= 4 is 5.57 Å². The summed E-state index contributed by atoms with van der Waals surface area (Å²) in [5.74, 6) is 1.02. The van der Waals surface area contributed by atoms with Crippen LogP contribution in [0.25, 0.3) is 5.57 Å². The largest absolute Gasteiger partial charge is 0.390 e. The molecule has 0 radical (unpaired) electrons. The lowest BCUT2D eigenvalue weighted by molar-refractivity contribution is 0.611. The lowest BCUT2D eigenvalue weighted by Gasteiger charge is -2.15. The molecule has 1 N–H and O–H groups in total. The van der Waals surface area contributed by atoms with E-state index in [2.05, 4.69) is 107 Å². The summed E-state index contributed by atoms with van der Waals surface area (Å²) in [4.78, 5) is 0. The van der Waals surface area contributed by atoms with E-state index in [0.717, 1.165) is 6.54 Å².